The van der Waals surface area contributed by atoms with Crippen molar-refractivity contribution in [2.45, 2.75) is 72.3 Å². The summed E-state index contributed by atoms with van der Waals surface area (Å²) < 4.78 is 6.17. The van der Waals surface area contributed by atoms with E-state index in [-0.39, 0.29) is 5.60 Å². The quantitative estimate of drug-likeness (QED) is 0.656. The van der Waals surface area contributed by atoms with Gasteiger partial charge in [0, 0.05) is 0 Å². The van der Waals surface area contributed by atoms with Crippen molar-refractivity contribution in [2.75, 3.05) is 6.61 Å². The average molecular weight is 212 g/mol. The smallest absolute Gasteiger partial charge is 0.0654 e. The third-order valence-electron chi connectivity index (χ3n) is 4.13. The summed E-state index contributed by atoms with van der Waals surface area (Å²) in [7, 11) is 0. The van der Waals surface area contributed by atoms with Crippen LogP contribution < -0.4 is 0 Å². The van der Waals surface area contributed by atoms with E-state index in [1.54, 1.807) is 0 Å². The molecule has 15 heavy (non-hydrogen) atoms. The van der Waals surface area contributed by atoms with Crippen LogP contribution in [-0.2, 0) is 4.74 Å². The van der Waals surface area contributed by atoms with Crippen LogP contribution in [0.25, 0.3) is 0 Å². The summed E-state index contributed by atoms with van der Waals surface area (Å²) in [4.78, 5) is 0. The maximum absolute atomic E-state index is 6.17. The largest absolute Gasteiger partial charge is 0.375 e. The number of hydrogen-bond acceptors (Lipinski definition) is 1. The first-order valence-corrected chi connectivity index (χ1v) is 6.51. The van der Waals surface area contributed by atoms with E-state index in [0.29, 0.717) is 5.41 Å². The van der Waals surface area contributed by atoms with Gasteiger partial charge in [0.1, 0.15) is 0 Å². The molecule has 0 aromatic heterocycles. The zero-order valence-electron chi connectivity index (χ0n) is 11.2. The molecule has 1 nitrogen and oxygen atoms in total. The monoisotopic (exact) mass is 212 g/mol. The minimum Gasteiger partial charge on any atom is -0.375 e. The van der Waals surface area contributed by atoms with Crippen LogP contribution in [0, 0.1) is 11.3 Å². The van der Waals surface area contributed by atoms with E-state index < -0.39 is 0 Å². The maximum atomic E-state index is 6.17. The van der Waals surface area contributed by atoms with Gasteiger partial charge in [-0.1, -0.05) is 33.6 Å². The molecule has 0 bridgehead atoms. The van der Waals surface area contributed by atoms with Crippen LogP contribution in [0.15, 0.2) is 0 Å². The third kappa shape index (κ3) is 3.79. The molecule has 90 valence electrons. The molecule has 0 unspecified atom stereocenters. The molecule has 0 aromatic carbocycles. The van der Waals surface area contributed by atoms with Crippen LogP contribution in [0.1, 0.15) is 66.7 Å². The second-order valence-electron chi connectivity index (χ2n) is 6.39. The minimum absolute atomic E-state index is 0.0863. The molecular weight excluding hydrogens is 184 g/mol. The lowest BCUT2D eigenvalue weighted by molar-refractivity contribution is -0.0882. The predicted octanol–water partition coefficient (Wildman–Crippen LogP) is 4.41. The molecule has 0 amide bonds. The summed E-state index contributed by atoms with van der Waals surface area (Å²) in [5.74, 6) is 0.783. The number of rotatable bonds is 5. The molecular formula is C14H28O. The summed E-state index contributed by atoms with van der Waals surface area (Å²) in [6.45, 7) is 12.3. The Morgan fingerprint density at radius 2 is 1.60 bits per heavy atom. The SMILES string of the molecule is CCC(C)(C)COC(C)(C)C1CCCC1. The Balaban J connectivity index is 2.41. The summed E-state index contributed by atoms with van der Waals surface area (Å²) in [6, 6.07) is 0. The van der Waals surface area contributed by atoms with Gasteiger partial charge in [-0.3, -0.25) is 0 Å². The van der Waals surface area contributed by atoms with E-state index in [1.807, 2.05) is 0 Å². The highest BCUT2D eigenvalue weighted by Gasteiger charge is 2.33. The Bertz CT molecular complexity index is 188. The molecule has 0 heterocycles. The van der Waals surface area contributed by atoms with Crippen molar-refractivity contribution in [3.8, 4) is 0 Å². The maximum Gasteiger partial charge on any atom is 0.0654 e. The van der Waals surface area contributed by atoms with Gasteiger partial charge in [-0.15, -0.1) is 0 Å². The molecule has 1 aliphatic carbocycles. The van der Waals surface area contributed by atoms with Gasteiger partial charge >= 0.3 is 0 Å². The van der Waals surface area contributed by atoms with Gasteiger partial charge in [-0.25, -0.2) is 0 Å². The highest BCUT2D eigenvalue weighted by Crippen LogP contribution is 2.37. The van der Waals surface area contributed by atoms with Crippen LogP contribution >= 0.6 is 0 Å². The first kappa shape index (κ1) is 13.0. The van der Waals surface area contributed by atoms with E-state index in [0.717, 1.165) is 12.5 Å². The Morgan fingerprint density at radius 1 is 1.07 bits per heavy atom. The second-order valence-corrected chi connectivity index (χ2v) is 6.39. The fourth-order valence-corrected chi connectivity index (χ4v) is 2.22. The first-order valence-electron chi connectivity index (χ1n) is 6.51. The van der Waals surface area contributed by atoms with E-state index in [1.165, 1.54) is 32.1 Å². The topological polar surface area (TPSA) is 9.23 Å². The second kappa shape index (κ2) is 4.86. The van der Waals surface area contributed by atoms with Crippen LogP contribution in [0.3, 0.4) is 0 Å². The van der Waals surface area contributed by atoms with E-state index in [9.17, 15) is 0 Å². The Hall–Kier alpha value is -0.0400. The lowest BCUT2D eigenvalue weighted by Gasteiger charge is -2.35. The fourth-order valence-electron chi connectivity index (χ4n) is 2.22. The Labute approximate surface area is 95.6 Å². The number of hydrogen-bond donors (Lipinski definition) is 0. The average Bonchev–Trinajstić information content (AvgIpc) is 2.69. The summed E-state index contributed by atoms with van der Waals surface area (Å²) in [5, 5.41) is 0. The van der Waals surface area contributed by atoms with Crippen molar-refractivity contribution in [3.63, 3.8) is 0 Å². The van der Waals surface area contributed by atoms with Crippen LogP contribution in [0.4, 0.5) is 0 Å². The summed E-state index contributed by atoms with van der Waals surface area (Å²) in [5.41, 5.74) is 0.415. The van der Waals surface area contributed by atoms with Crippen molar-refractivity contribution in [1.82, 2.24) is 0 Å². The van der Waals surface area contributed by atoms with Crippen LogP contribution in [0.5, 0.6) is 0 Å². The molecule has 1 aliphatic rings. The highest BCUT2D eigenvalue weighted by molar-refractivity contribution is 4.84. The molecule has 1 saturated carbocycles. The van der Waals surface area contributed by atoms with Crippen LogP contribution in [0.2, 0.25) is 0 Å². The molecule has 1 fully saturated rings. The molecule has 0 radical (unpaired) electrons. The van der Waals surface area contributed by atoms with Gasteiger partial charge in [0.25, 0.3) is 0 Å². The van der Waals surface area contributed by atoms with Gasteiger partial charge in [-0.05, 0) is 44.4 Å². The highest BCUT2D eigenvalue weighted by atomic mass is 16.5. The van der Waals surface area contributed by atoms with Gasteiger partial charge in [-0.2, -0.15) is 0 Å². The van der Waals surface area contributed by atoms with E-state index in [2.05, 4.69) is 34.6 Å². The van der Waals surface area contributed by atoms with Crippen molar-refractivity contribution in [1.29, 1.82) is 0 Å². The Morgan fingerprint density at radius 3 is 2.07 bits per heavy atom. The molecule has 0 saturated heterocycles. The lowest BCUT2D eigenvalue weighted by Crippen LogP contribution is -2.36. The van der Waals surface area contributed by atoms with E-state index >= 15 is 0 Å². The molecule has 0 aliphatic heterocycles. The third-order valence-corrected chi connectivity index (χ3v) is 4.13. The van der Waals surface area contributed by atoms with Crippen LogP contribution in [-0.4, -0.2) is 12.2 Å². The van der Waals surface area contributed by atoms with Gasteiger partial charge < -0.3 is 4.74 Å². The van der Waals surface area contributed by atoms with Gasteiger partial charge in [0.15, 0.2) is 0 Å². The molecule has 0 atom stereocenters. The van der Waals surface area contributed by atoms with E-state index in [4.69, 9.17) is 4.74 Å². The van der Waals surface area contributed by atoms with Crippen molar-refractivity contribution >= 4 is 0 Å². The van der Waals surface area contributed by atoms with Gasteiger partial charge in [0.05, 0.1) is 12.2 Å². The summed E-state index contributed by atoms with van der Waals surface area (Å²) >= 11 is 0. The molecule has 0 aromatic rings. The standard InChI is InChI=1S/C14H28O/c1-6-13(2,3)11-15-14(4,5)12-9-7-8-10-12/h12H,6-11H2,1-5H3. The normalized spacial score (nSPS) is 19.8. The van der Waals surface area contributed by atoms with Crippen molar-refractivity contribution in [2.24, 2.45) is 11.3 Å². The lowest BCUT2D eigenvalue weighted by atomic mass is 9.87. The van der Waals surface area contributed by atoms with Gasteiger partial charge in [0.2, 0.25) is 0 Å². The summed E-state index contributed by atoms with van der Waals surface area (Å²) in [6.07, 6.45) is 6.70. The molecule has 0 N–H and O–H groups in total. The predicted molar refractivity (Wildman–Crippen MR) is 66.1 cm³/mol. The fraction of sp³-hybridized carbons (Fsp3) is 1.00. The minimum atomic E-state index is 0.0863. The molecule has 0 spiro atoms. The Kier molecular flexibility index (Phi) is 4.22. The first-order chi connectivity index (χ1) is 6.87. The van der Waals surface area contributed by atoms with Crippen molar-refractivity contribution < 1.29 is 4.74 Å². The zero-order chi connectivity index (χ0) is 11.5. The number of ether oxygens (including phenoxy) is 1. The zero-order valence-corrected chi connectivity index (χ0v) is 11.2. The molecule has 1 heteroatoms. The van der Waals surface area contributed by atoms with Crippen molar-refractivity contribution in [3.05, 3.63) is 0 Å². The molecule has 1 rings (SSSR count).